The summed E-state index contributed by atoms with van der Waals surface area (Å²) in [6.07, 6.45) is 8.33. The fourth-order valence-corrected chi connectivity index (χ4v) is 3.61. The number of carbonyl (C=O) groups is 1. The largest absolute Gasteiger partial charge is 0.342 e. The Morgan fingerprint density at radius 2 is 1.83 bits per heavy atom. The van der Waals surface area contributed by atoms with Crippen LogP contribution in [0, 0.1) is 17.8 Å². The Bertz CT molecular complexity index is 272. The van der Waals surface area contributed by atoms with Crippen LogP contribution >= 0.6 is 0 Å². The Hall–Kier alpha value is -0.570. The molecule has 1 amide bonds. The zero-order valence-electron chi connectivity index (χ0n) is 11.7. The fraction of sp³-hybridized carbons (Fsp3) is 0.933. The molecule has 2 fully saturated rings. The lowest BCUT2D eigenvalue weighted by Crippen LogP contribution is -2.45. The molecular formula is C15H28N2O. The molecule has 0 aromatic rings. The molecule has 0 aromatic heterocycles. The normalized spacial score (nSPS) is 30.4. The van der Waals surface area contributed by atoms with Gasteiger partial charge in [0.25, 0.3) is 0 Å². The third kappa shape index (κ3) is 3.05. The predicted octanol–water partition coefficient (Wildman–Crippen LogP) is 2.40. The molecule has 2 rings (SSSR count). The smallest absolute Gasteiger partial charge is 0.226 e. The fourth-order valence-electron chi connectivity index (χ4n) is 3.61. The van der Waals surface area contributed by atoms with Crippen molar-refractivity contribution in [3.63, 3.8) is 0 Å². The lowest BCUT2D eigenvalue weighted by Gasteiger charge is -2.37. The Kier molecular flexibility index (Phi) is 5.04. The van der Waals surface area contributed by atoms with Crippen LogP contribution in [0.5, 0.6) is 0 Å². The third-order valence-electron chi connectivity index (χ3n) is 5.03. The first kappa shape index (κ1) is 13.9. The highest BCUT2D eigenvalue weighted by molar-refractivity contribution is 5.79. The maximum absolute atomic E-state index is 12.6. The van der Waals surface area contributed by atoms with Gasteiger partial charge in [-0.2, -0.15) is 0 Å². The minimum Gasteiger partial charge on any atom is -0.342 e. The molecular weight excluding hydrogens is 224 g/mol. The maximum Gasteiger partial charge on any atom is 0.226 e. The average molecular weight is 252 g/mol. The molecule has 2 atom stereocenters. The van der Waals surface area contributed by atoms with Crippen molar-refractivity contribution in [3.8, 4) is 0 Å². The van der Waals surface area contributed by atoms with E-state index in [0.717, 1.165) is 31.8 Å². The molecule has 1 heterocycles. The van der Waals surface area contributed by atoms with Crippen molar-refractivity contribution in [2.75, 3.05) is 19.6 Å². The molecule has 3 heteroatoms. The van der Waals surface area contributed by atoms with E-state index in [2.05, 4.69) is 11.8 Å². The summed E-state index contributed by atoms with van der Waals surface area (Å²) in [7, 11) is 0. The molecule has 2 aliphatic rings. The van der Waals surface area contributed by atoms with Gasteiger partial charge in [-0.15, -0.1) is 0 Å². The van der Waals surface area contributed by atoms with Crippen molar-refractivity contribution in [2.45, 2.75) is 51.9 Å². The van der Waals surface area contributed by atoms with Crippen molar-refractivity contribution < 1.29 is 4.79 Å². The number of hydrogen-bond acceptors (Lipinski definition) is 2. The average Bonchev–Trinajstić information content (AvgIpc) is 2.46. The highest BCUT2D eigenvalue weighted by Gasteiger charge is 2.34. The molecule has 1 saturated heterocycles. The summed E-state index contributed by atoms with van der Waals surface area (Å²) in [5.41, 5.74) is 5.83. The van der Waals surface area contributed by atoms with Gasteiger partial charge in [-0.3, -0.25) is 4.79 Å². The number of nitrogens with zero attached hydrogens (tertiary/aromatic N) is 1. The van der Waals surface area contributed by atoms with Gasteiger partial charge in [0.15, 0.2) is 0 Å². The quantitative estimate of drug-likeness (QED) is 0.838. The monoisotopic (exact) mass is 252 g/mol. The zero-order chi connectivity index (χ0) is 13.0. The number of piperidine rings is 1. The second kappa shape index (κ2) is 6.55. The van der Waals surface area contributed by atoms with E-state index in [1.165, 1.54) is 32.1 Å². The lowest BCUT2D eigenvalue weighted by atomic mass is 9.78. The maximum atomic E-state index is 12.6. The second-order valence-electron chi connectivity index (χ2n) is 6.06. The van der Waals surface area contributed by atoms with Gasteiger partial charge in [0.2, 0.25) is 5.91 Å². The second-order valence-corrected chi connectivity index (χ2v) is 6.06. The molecule has 2 unspecified atom stereocenters. The van der Waals surface area contributed by atoms with Crippen molar-refractivity contribution in [1.29, 1.82) is 0 Å². The third-order valence-corrected chi connectivity index (χ3v) is 5.03. The molecule has 1 aliphatic heterocycles. The Balaban J connectivity index is 1.90. The van der Waals surface area contributed by atoms with Crippen LogP contribution in [0.2, 0.25) is 0 Å². The summed E-state index contributed by atoms with van der Waals surface area (Å²) in [4.78, 5) is 14.7. The first-order valence-corrected chi connectivity index (χ1v) is 7.75. The van der Waals surface area contributed by atoms with E-state index < -0.39 is 0 Å². The topological polar surface area (TPSA) is 46.3 Å². The van der Waals surface area contributed by atoms with E-state index in [0.29, 0.717) is 18.4 Å². The lowest BCUT2D eigenvalue weighted by molar-refractivity contribution is -0.139. The van der Waals surface area contributed by atoms with Crippen molar-refractivity contribution in [2.24, 2.45) is 23.5 Å². The summed E-state index contributed by atoms with van der Waals surface area (Å²) in [6.45, 7) is 4.89. The van der Waals surface area contributed by atoms with Crippen LogP contribution in [0.4, 0.5) is 0 Å². The summed E-state index contributed by atoms with van der Waals surface area (Å²) >= 11 is 0. The van der Waals surface area contributed by atoms with Gasteiger partial charge in [-0.05, 0) is 44.1 Å². The molecule has 1 saturated carbocycles. The van der Waals surface area contributed by atoms with Gasteiger partial charge in [-0.1, -0.05) is 26.2 Å². The van der Waals surface area contributed by atoms with Crippen LogP contribution in [0.15, 0.2) is 0 Å². The van der Waals surface area contributed by atoms with Crippen LogP contribution in [0.1, 0.15) is 51.9 Å². The first-order chi connectivity index (χ1) is 8.76. The summed E-state index contributed by atoms with van der Waals surface area (Å²) in [5.74, 6) is 1.91. The number of amides is 1. The Morgan fingerprint density at radius 1 is 1.17 bits per heavy atom. The van der Waals surface area contributed by atoms with Gasteiger partial charge in [-0.25, -0.2) is 0 Å². The molecule has 18 heavy (non-hydrogen) atoms. The van der Waals surface area contributed by atoms with E-state index in [9.17, 15) is 4.79 Å². The van der Waals surface area contributed by atoms with Gasteiger partial charge in [0.1, 0.15) is 0 Å². The Labute approximate surface area is 111 Å². The number of nitrogens with two attached hydrogens (primary N) is 1. The predicted molar refractivity (Wildman–Crippen MR) is 74.1 cm³/mol. The van der Waals surface area contributed by atoms with E-state index in [-0.39, 0.29) is 5.92 Å². The molecule has 2 N–H and O–H groups in total. The van der Waals surface area contributed by atoms with Crippen LogP contribution in [-0.2, 0) is 4.79 Å². The number of rotatable bonds is 3. The number of hydrogen-bond donors (Lipinski definition) is 1. The Morgan fingerprint density at radius 3 is 2.44 bits per heavy atom. The highest BCUT2D eigenvalue weighted by atomic mass is 16.2. The first-order valence-electron chi connectivity index (χ1n) is 7.75. The molecule has 3 nitrogen and oxygen atoms in total. The van der Waals surface area contributed by atoms with E-state index >= 15 is 0 Å². The standard InChI is InChI=1S/C15H28N2O/c1-2-12-7-9-17(10-8-12)15(18)14-6-4-3-5-13(14)11-16/h12-14H,2-11,16H2,1H3. The van der Waals surface area contributed by atoms with Crippen molar-refractivity contribution in [3.05, 3.63) is 0 Å². The molecule has 1 aliphatic carbocycles. The summed E-state index contributed by atoms with van der Waals surface area (Å²) in [5, 5.41) is 0. The van der Waals surface area contributed by atoms with E-state index in [4.69, 9.17) is 5.73 Å². The van der Waals surface area contributed by atoms with E-state index in [1.54, 1.807) is 0 Å². The van der Waals surface area contributed by atoms with Gasteiger partial charge in [0.05, 0.1) is 0 Å². The minimum atomic E-state index is 0.224. The molecule has 0 bridgehead atoms. The highest BCUT2D eigenvalue weighted by Crippen LogP contribution is 2.32. The molecule has 0 radical (unpaired) electrons. The number of likely N-dealkylation sites (tertiary alicyclic amines) is 1. The molecule has 104 valence electrons. The van der Waals surface area contributed by atoms with Gasteiger partial charge in [0, 0.05) is 19.0 Å². The van der Waals surface area contributed by atoms with Crippen molar-refractivity contribution >= 4 is 5.91 Å². The zero-order valence-corrected chi connectivity index (χ0v) is 11.7. The SMILES string of the molecule is CCC1CCN(C(=O)C2CCCCC2CN)CC1. The van der Waals surface area contributed by atoms with Crippen LogP contribution < -0.4 is 5.73 Å². The van der Waals surface area contributed by atoms with Crippen molar-refractivity contribution in [1.82, 2.24) is 4.90 Å². The summed E-state index contributed by atoms with van der Waals surface area (Å²) in [6, 6.07) is 0. The van der Waals surface area contributed by atoms with Gasteiger partial charge < -0.3 is 10.6 Å². The molecule has 0 aromatic carbocycles. The van der Waals surface area contributed by atoms with Gasteiger partial charge >= 0.3 is 0 Å². The van der Waals surface area contributed by atoms with Crippen LogP contribution in [0.3, 0.4) is 0 Å². The summed E-state index contributed by atoms with van der Waals surface area (Å²) < 4.78 is 0. The van der Waals surface area contributed by atoms with Crippen LogP contribution in [0.25, 0.3) is 0 Å². The molecule has 0 spiro atoms. The van der Waals surface area contributed by atoms with E-state index in [1.807, 2.05) is 0 Å². The number of carbonyl (C=O) groups excluding carboxylic acids is 1. The minimum absolute atomic E-state index is 0.224. The van der Waals surface area contributed by atoms with Crippen LogP contribution in [-0.4, -0.2) is 30.4 Å².